The maximum atomic E-state index is 12.4. The summed E-state index contributed by atoms with van der Waals surface area (Å²) in [5.41, 5.74) is 1.82. The van der Waals surface area contributed by atoms with Crippen LogP contribution in [0.1, 0.15) is 31.2 Å². The second kappa shape index (κ2) is 10.3. The predicted molar refractivity (Wildman–Crippen MR) is 120 cm³/mol. The lowest BCUT2D eigenvalue weighted by atomic mass is 10.1. The van der Waals surface area contributed by atoms with E-state index in [-0.39, 0.29) is 17.3 Å². The number of carbonyl (C=O) groups excluding carboxylic acids is 2. The fourth-order valence-electron chi connectivity index (χ4n) is 3.42. The Morgan fingerprint density at radius 2 is 1.52 bits per heavy atom. The van der Waals surface area contributed by atoms with Crippen LogP contribution in [0, 0.1) is 12.8 Å². The van der Waals surface area contributed by atoms with Crippen molar-refractivity contribution < 1.29 is 18.0 Å². The smallest absolute Gasteiger partial charge is 0.319 e. The highest BCUT2D eigenvalue weighted by Gasteiger charge is 2.16. The number of aryl methyl sites for hydroxylation is 1. The van der Waals surface area contributed by atoms with Gasteiger partial charge in [-0.1, -0.05) is 30.5 Å². The fraction of sp³-hybridized carbons (Fsp3) is 0.364. The van der Waals surface area contributed by atoms with Crippen molar-refractivity contribution in [2.45, 2.75) is 37.5 Å². The third-order valence-electron chi connectivity index (χ3n) is 5.20. The van der Waals surface area contributed by atoms with Gasteiger partial charge in [0.25, 0.3) is 10.0 Å². The Morgan fingerprint density at radius 3 is 2.16 bits per heavy atom. The first-order chi connectivity index (χ1) is 14.8. The lowest BCUT2D eigenvalue weighted by Crippen LogP contribution is -2.40. The first-order valence-corrected chi connectivity index (χ1v) is 11.8. The Kier molecular flexibility index (Phi) is 7.51. The summed E-state index contributed by atoms with van der Waals surface area (Å²) < 4.78 is 27.4. The molecule has 1 aliphatic carbocycles. The summed E-state index contributed by atoms with van der Waals surface area (Å²) in [4.78, 5) is 24.0. The van der Waals surface area contributed by atoms with E-state index in [0.29, 0.717) is 23.8 Å². The number of anilines is 2. The molecule has 8 nitrogen and oxygen atoms in total. The van der Waals surface area contributed by atoms with E-state index < -0.39 is 16.1 Å². The van der Waals surface area contributed by atoms with Crippen LogP contribution in [0.2, 0.25) is 0 Å². The van der Waals surface area contributed by atoms with E-state index in [9.17, 15) is 18.0 Å². The van der Waals surface area contributed by atoms with Gasteiger partial charge in [0.05, 0.1) is 11.4 Å². The van der Waals surface area contributed by atoms with Crippen LogP contribution in [0.15, 0.2) is 53.4 Å². The molecule has 0 aliphatic heterocycles. The van der Waals surface area contributed by atoms with Crippen molar-refractivity contribution in [2.24, 2.45) is 5.92 Å². The van der Waals surface area contributed by atoms with Gasteiger partial charge in [0.15, 0.2) is 0 Å². The standard InChI is InChI=1S/C22H28N4O4S/c1-16-6-12-20(13-7-16)31(29,30)26-19-10-8-18(9-11-19)25-22(28)24-15-21(27)23-14-17-4-2-3-5-17/h6-13,17,26H,2-5,14-15H2,1H3,(H,23,27)(H2,24,25,28). The molecule has 9 heteroatoms. The maximum absolute atomic E-state index is 12.4. The molecule has 0 unspecified atom stereocenters. The number of amides is 3. The average Bonchev–Trinajstić information content (AvgIpc) is 3.26. The van der Waals surface area contributed by atoms with Gasteiger partial charge < -0.3 is 16.0 Å². The zero-order valence-electron chi connectivity index (χ0n) is 17.5. The van der Waals surface area contributed by atoms with Crippen molar-refractivity contribution >= 4 is 33.3 Å². The van der Waals surface area contributed by atoms with Crippen molar-refractivity contribution in [3.8, 4) is 0 Å². The largest absolute Gasteiger partial charge is 0.354 e. The van der Waals surface area contributed by atoms with Crippen LogP contribution < -0.4 is 20.7 Å². The van der Waals surface area contributed by atoms with Crippen molar-refractivity contribution in [3.05, 3.63) is 54.1 Å². The molecular formula is C22H28N4O4S. The first-order valence-electron chi connectivity index (χ1n) is 10.3. The highest BCUT2D eigenvalue weighted by atomic mass is 32.2. The van der Waals surface area contributed by atoms with E-state index in [2.05, 4.69) is 20.7 Å². The van der Waals surface area contributed by atoms with Crippen molar-refractivity contribution in [1.29, 1.82) is 0 Å². The van der Waals surface area contributed by atoms with Gasteiger partial charge in [0, 0.05) is 17.9 Å². The van der Waals surface area contributed by atoms with Gasteiger partial charge in [0.1, 0.15) is 0 Å². The number of hydrogen-bond donors (Lipinski definition) is 4. The Labute approximate surface area is 182 Å². The molecule has 2 aromatic rings. The zero-order chi connectivity index (χ0) is 22.3. The van der Waals surface area contributed by atoms with E-state index in [0.717, 1.165) is 18.4 Å². The lowest BCUT2D eigenvalue weighted by Gasteiger charge is -2.12. The fourth-order valence-corrected chi connectivity index (χ4v) is 4.48. The molecule has 31 heavy (non-hydrogen) atoms. The minimum atomic E-state index is -3.69. The van der Waals surface area contributed by atoms with Gasteiger partial charge >= 0.3 is 6.03 Å². The number of sulfonamides is 1. The summed E-state index contributed by atoms with van der Waals surface area (Å²) >= 11 is 0. The molecule has 3 amide bonds. The Morgan fingerprint density at radius 1 is 0.903 bits per heavy atom. The predicted octanol–water partition coefficient (Wildman–Crippen LogP) is 3.22. The normalized spacial score (nSPS) is 14.1. The van der Waals surface area contributed by atoms with Crippen LogP contribution in [-0.2, 0) is 14.8 Å². The number of carbonyl (C=O) groups is 2. The Hall–Kier alpha value is -3.07. The van der Waals surface area contributed by atoms with E-state index in [4.69, 9.17) is 0 Å². The molecule has 2 aromatic carbocycles. The van der Waals surface area contributed by atoms with Crippen molar-refractivity contribution in [2.75, 3.05) is 23.1 Å². The SMILES string of the molecule is Cc1ccc(S(=O)(=O)Nc2ccc(NC(=O)NCC(=O)NCC3CCCC3)cc2)cc1. The summed E-state index contributed by atoms with van der Waals surface area (Å²) in [6.07, 6.45) is 4.72. The summed E-state index contributed by atoms with van der Waals surface area (Å²) in [7, 11) is -3.69. The zero-order valence-corrected chi connectivity index (χ0v) is 18.3. The van der Waals surface area contributed by atoms with E-state index in [1.165, 1.54) is 12.8 Å². The third-order valence-corrected chi connectivity index (χ3v) is 6.60. The Bertz CT molecular complexity index is 999. The molecule has 1 aliphatic rings. The van der Waals surface area contributed by atoms with Crippen LogP contribution in [0.5, 0.6) is 0 Å². The van der Waals surface area contributed by atoms with Gasteiger partial charge in [-0.2, -0.15) is 0 Å². The molecule has 3 rings (SSSR count). The molecule has 1 fully saturated rings. The average molecular weight is 445 g/mol. The molecule has 0 heterocycles. The molecular weight excluding hydrogens is 416 g/mol. The number of rotatable bonds is 8. The molecule has 0 atom stereocenters. The summed E-state index contributed by atoms with van der Waals surface area (Å²) in [5.74, 6) is 0.322. The highest BCUT2D eigenvalue weighted by molar-refractivity contribution is 7.92. The molecule has 166 valence electrons. The second-order valence-electron chi connectivity index (χ2n) is 7.76. The molecule has 1 saturated carbocycles. The molecule has 0 aromatic heterocycles. The van der Waals surface area contributed by atoms with Gasteiger partial charge in [-0.15, -0.1) is 0 Å². The maximum Gasteiger partial charge on any atom is 0.319 e. The topological polar surface area (TPSA) is 116 Å². The number of hydrogen-bond acceptors (Lipinski definition) is 4. The van der Waals surface area contributed by atoms with Gasteiger partial charge in [0.2, 0.25) is 5.91 Å². The molecule has 4 N–H and O–H groups in total. The van der Waals surface area contributed by atoms with Crippen LogP contribution in [0.25, 0.3) is 0 Å². The summed E-state index contributed by atoms with van der Waals surface area (Å²) in [5, 5.41) is 7.97. The lowest BCUT2D eigenvalue weighted by molar-refractivity contribution is -0.120. The minimum absolute atomic E-state index is 0.104. The van der Waals surface area contributed by atoms with Gasteiger partial charge in [-0.05, 0) is 62.1 Å². The van der Waals surface area contributed by atoms with Gasteiger partial charge in [-0.3, -0.25) is 9.52 Å². The number of nitrogens with one attached hydrogen (secondary N) is 4. The van der Waals surface area contributed by atoms with Crippen molar-refractivity contribution in [1.82, 2.24) is 10.6 Å². The summed E-state index contributed by atoms with van der Waals surface area (Å²) in [6.45, 7) is 2.43. The van der Waals surface area contributed by atoms with E-state index >= 15 is 0 Å². The monoisotopic (exact) mass is 444 g/mol. The first kappa shape index (κ1) is 22.6. The number of urea groups is 1. The van der Waals surface area contributed by atoms with Crippen LogP contribution >= 0.6 is 0 Å². The van der Waals surface area contributed by atoms with Crippen LogP contribution in [0.4, 0.5) is 16.2 Å². The quantitative estimate of drug-likeness (QED) is 0.500. The summed E-state index contributed by atoms with van der Waals surface area (Å²) in [6, 6.07) is 12.3. The van der Waals surface area contributed by atoms with Crippen LogP contribution in [0.3, 0.4) is 0 Å². The Balaban J connectivity index is 1.44. The molecule has 0 radical (unpaired) electrons. The van der Waals surface area contributed by atoms with Crippen molar-refractivity contribution in [3.63, 3.8) is 0 Å². The molecule has 0 saturated heterocycles. The third kappa shape index (κ3) is 6.99. The van der Waals surface area contributed by atoms with Gasteiger partial charge in [-0.25, -0.2) is 13.2 Å². The van der Waals surface area contributed by atoms with E-state index in [1.54, 1.807) is 48.5 Å². The second-order valence-corrected chi connectivity index (χ2v) is 9.44. The van der Waals surface area contributed by atoms with E-state index in [1.807, 2.05) is 6.92 Å². The highest BCUT2D eigenvalue weighted by Crippen LogP contribution is 2.23. The number of benzene rings is 2. The molecule has 0 bridgehead atoms. The molecule has 0 spiro atoms. The minimum Gasteiger partial charge on any atom is -0.354 e. The van der Waals surface area contributed by atoms with Crippen LogP contribution in [-0.4, -0.2) is 33.4 Å².